The lowest BCUT2D eigenvalue weighted by molar-refractivity contribution is 0.423. The van der Waals surface area contributed by atoms with Crippen molar-refractivity contribution in [1.82, 2.24) is 0 Å². The molecule has 13 heavy (non-hydrogen) atoms. The fourth-order valence-corrected chi connectivity index (χ4v) is 1.91. The van der Waals surface area contributed by atoms with Crippen LogP contribution in [0.2, 0.25) is 0 Å². The summed E-state index contributed by atoms with van der Waals surface area (Å²) in [4.78, 5) is 0. The molecule has 0 aromatic carbocycles. The highest BCUT2D eigenvalue weighted by Gasteiger charge is 2.12. The van der Waals surface area contributed by atoms with Crippen LogP contribution >= 0.6 is 0 Å². The maximum atomic E-state index is 2.39. The molecule has 1 aliphatic rings. The Labute approximate surface area is 87.1 Å². The van der Waals surface area contributed by atoms with E-state index < -0.39 is 0 Å². The highest BCUT2D eigenvalue weighted by Crippen LogP contribution is 2.26. The van der Waals surface area contributed by atoms with Crippen LogP contribution in [0.5, 0.6) is 0 Å². The lowest BCUT2D eigenvalue weighted by Gasteiger charge is -2.09. The first-order valence-electron chi connectivity index (χ1n) is 5.29. The molecule has 0 bridgehead atoms. The van der Waals surface area contributed by atoms with Gasteiger partial charge in [-0.1, -0.05) is 68.2 Å². The van der Waals surface area contributed by atoms with Crippen molar-refractivity contribution in [3.63, 3.8) is 0 Å². The molecule has 0 nitrogen and oxygen atoms in total. The van der Waals surface area contributed by atoms with E-state index in [4.69, 9.17) is 0 Å². The van der Waals surface area contributed by atoms with Crippen LogP contribution in [0.15, 0.2) is 0 Å². The van der Waals surface area contributed by atoms with E-state index in [1.165, 1.54) is 32.1 Å². The zero-order valence-electron chi connectivity index (χ0n) is 8.69. The molecule has 0 spiro atoms. The summed E-state index contributed by atoms with van der Waals surface area (Å²) in [7, 11) is 0. The molecule has 1 rings (SSSR count). The lowest BCUT2D eigenvalue weighted by Crippen LogP contribution is -1.97. The van der Waals surface area contributed by atoms with Crippen molar-refractivity contribution in [2.45, 2.75) is 74.7 Å². The lowest BCUT2D eigenvalue weighted by atomic mass is 9.97. The Morgan fingerprint density at radius 1 is 0.769 bits per heavy atom. The molecular formula is C13H32. The topological polar surface area (TPSA) is 0 Å². The van der Waals surface area contributed by atoms with Crippen molar-refractivity contribution in [1.29, 1.82) is 0 Å². The van der Waals surface area contributed by atoms with Crippen molar-refractivity contribution < 1.29 is 0 Å². The summed E-state index contributed by atoms with van der Waals surface area (Å²) in [5.41, 5.74) is 0. The Morgan fingerprint density at radius 3 is 1.38 bits per heavy atom. The molecule has 1 aliphatic carbocycles. The molecular weight excluding hydrogens is 156 g/mol. The van der Waals surface area contributed by atoms with Crippen molar-refractivity contribution in [3.05, 3.63) is 0 Å². The standard InChI is InChI=1S/C9H18.C2H6.2CH4/c1-8-5-3-4-6-9(2)7-8;1-2;;/h8-9H,3-7H2,1-2H3;1-2H3;2*1H4. The van der Waals surface area contributed by atoms with Gasteiger partial charge in [0, 0.05) is 0 Å². The maximum Gasteiger partial charge on any atom is -0.0440 e. The Balaban J connectivity index is -0.000000234. The highest BCUT2D eigenvalue weighted by atomic mass is 14.2. The molecule has 1 saturated carbocycles. The molecule has 0 heteroatoms. The Bertz CT molecular complexity index is 66.1. The SMILES string of the molecule is C.C.CC.CC1CCCCC(C)C1. The van der Waals surface area contributed by atoms with E-state index in [9.17, 15) is 0 Å². The molecule has 1 fully saturated rings. The molecule has 0 radical (unpaired) electrons. The fraction of sp³-hybridized carbons (Fsp3) is 1.00. The molecule has 0 N–H and O–H groups in total. The summed E-state index contributed by atoms with van der Waals surface area (Å²) < 4.78 is 0. The van der Waals surface area contributed by atoms with Crippen LogP contribution in [0.1, 0.15) is 74.7 Å². The predicted octanol–water partition coefficient (Wildman–Crippen LogP) is 5.52. The largest absolute Gasteiger partial charge is 0.0776 e. The summed E-state index contributed by atoms with van der Waals surface area (Å²) >= 11 is 0. The van der Waals surface area contributed by atoms with Gasteiger partial charge in [0.2, 0.25) is 0 Å². The van der Waals surface area contributed by atoms with Crippen molar-refractivity contribution in [3.8, 4) is 0 Å². The van der Waals surface area contributed by atoms with Gasteiger partial charge in [-0.15, -0.1) is 0 Å². The van der Waals surface area contributed by atoms with Gasteiger partial charge in [0.15, 0.2) is 0 Å². The highest BCUT2D eigenvalue weighted by molar-refractivity contribution is 4.64. The minimum absolute atomic E-state index is 0. The molecule has 0 heterocycles. The van der Waals surface area contributed by atoms with Gasteiger partial charge in [-0.2, -0.15) is 0 Å². The van der Waals surface area contributed by atoms with E-state index in [1.54, 1.807) is 0 Å². The molecule has 0 aliphatic heterocycles. The summed E-state index contributed by atoms with van der Waals surface area (Å²) in [6.45, 7) is 8.78. The van der Waals surface area contributed by atoms with Crippen LogP contribution in [0, 0.1) is 11.8 Å². The van der Waals surface area contributed by atoms with Gasteiger partial charge in [0.25, 0.3) is 0 Å². The van der Waals surface area contributed by atoms with Crippen LogP contribution in [0.4, 0.5) is 0 Å². The summed E-state index contributed by atoms with van der Waals surface area (Å²) in [5.74, 6) is 2.00. The molecule has 2 unspecified atom stereocenters. The van der Waals surface area contributed by atoms with Crippen molar-refractivity contribution in [2.75, 3.05) is 0 Å². The van der Waals surface area contributed by atoms with Crippen molar-refractivity contribution in [2.24, 2.45) is 11.8 Å². The minimum atomic E-state index is 0. The molecule has 0 aromatic heterocycles. The molecule has 0 amide bonds. The molecule has 84 valence electrons. The van der Waals surface area contributed by atoms with Gasteiger partial charge in [0.05, 0.1) is 0 Å². The predicted molar refractivity (Wildman–Crippen MR) is 66.2 cm³/mol. The Hall–Kier alpha value is 0. The van der Waals surface area contributed by atoms with E-state index in [-0.39, 0.29) is 14.9 Å². The van der Waals surface area contributed by atoms with E-state index in [2.05, 4.69) is 13.8 Å². The van der Waals surface area contributed by atoms with E-state index >= 15 is 0 Å². The van der Waals surface area contributed by atoms with Crippen molar-refractivity contribution >= 4 is 0 Å². The summed E-state index contributed by atoms with van der Waals surface area (Å²) in [6, 6.07) is 0. The second kappa shape index (κ2) is 12.0. The van der Waals surface area contributed by atoms with Gasteiger partial charge in [0.1, 0.15) is 0 Å². The first kappa shape index (κ1) is 18.7. The zero-order chi connectivity index (χ0) is 8.69. The Morgan fingerprint density at radius 2 is 1.08 bits per heavy atom. The monoisotopic (exact) mass is 188 g/mol. The average molecular weight is 188 g/mol. The third-order valence-electron chi connectivity index (χ3n) is 2.45. The number of hydrogen-bond acceptors (Lipinski definition) is 0. The fourth-order valence-electron chi connectivity index (χ4n) is 1.91. The number of hydrogen-bond donors (Lipinski definition) is 0. The third kappa shape index (κ3) is 9.92. The third-order valence-corrected chi connectivity index (χ3v) is 2.45. The smallest absolute Gasteiger partial charge is 0.0440 e. The minimum Gasteiger partial charge on any atom is -0.0776 e. The molecule has 2 atom stereocenters. The van der Waals surface area contributed by atoms with Gasteiger partial charge in [-0.25, -0.2) is 0 Å². The second-order valence-corrected chi connectivity index (χ2v) is 3.73. The first-order valence-corrected chi connectivity index (χ1v) is 5.29. The van der Waals surface area contributed by atoms with Gasteiger partial charge < -0.3 is 0 Å². The van der Waals surface area contributed by atoms with E-state index in [0.29, 0.717) is 0 Å². The van der Waals surface area contributed by atoms with E-state index in [1.807, 2.05) is 13.8 Å². The maximum absolute atomic E-state index is 2.39. The zero-order valence-corrected chi connectivity index (χ0v) is 8.69. The van der Waals surface area contributed by atoms with E-state index in [0.717, 1.165) is 11.8 Å². The van der Waals surface area contributed by atoms with Crippen LogP contribution in [0.3, 0.4) is 0 Å². The number of rotatable bonds is 0. The molecule has 0 aromatic rings. The van der Waals surface area contributed by atoms with Gasteiger partial charge in [-0.05, 0) is 18.3 Å². The Kier molecular flexibility index (Phi) is 17.3. The van der Waals surface area contributed by atoms with Gasteiger partial charge >= 0.3 is 0 Å². The second-order valence-electron chi connectivity index (χ2n) is 3.73. The van der Waals surface area contributed by atoms with Crippen LogP contribution in [-0.4, -0.2) is 0 Å². The van der Waals surface area contributed by atoms with Crippen LogP contribution in [0.25, 0.3) is 0 Å². The van der Waals surface area contributed by atoms with Crippen LogP contribution in [-0.2, 0) is 0 Å². The normalized spacial score (nSPS) is 26.8. The summed E-state index contributed by atoms with van der Waals surface area (Å²) in [5, 5.41) is 0. The quantitative estimate of drug-likeness (QED) is 0.439. The van der Waals surface area contributed by atoms with Crippen LogP contribution < -0.4 is 0 Å². The summed E-state index contributed by atoms with van der Waals surface area (Å²) in [6.07, 6.45) is 7.38. The first-order chi connectivity index (χ1) is 5.29. The molecule has 0 saturated heterocycles. The average Bonchev–Trinajstić information content (AvgIpc) is 2.18. The van der Waals surface area contributed by atoms with Gasteiger partial charge in [-0.3, -0.25) is 0 Å².